The van der Waals surface area contributed by atoms with E-state index in [0.29, 0.717) is 6.54 Å². The van der Waals surface area contributed by atoms with Gasteiger partial charge >= 0.3 is 6.36 Å². The van der Waals surface area contributed by atoms with Crippen molar-refractivity contribution < 1.29 is 17.9 Å². The molecular formula is C13H13F3N2OS. The van der Waals surface area contributed by atoms with Crippen molar-refractivity contribution in [3.63, 3.8) is 0 Å². The highest BCUT2D eigenvalue weighted by atomic mass is 32.1. The first-order chi connectivity index (χ1) is 9.48. The molecule has 0 amide bonds. The maximum Gasteiger partial charge on any atom is 0.573 e. The Kier molecular flexibility index (Phi) is 4.61. The lowest BCUT2D eigenvalue weighted by molar-refractivity contribution is -0.274. The third kappa shape index (κ3) is 4.21. The molecule has 3 nitrogen and oxygen atoms in total. The van der Waals surface area contributed by atoms with Gasteiger partial charge in [0, 0.05) is 17.5 Å². The van der Waals surface area contributed by atoms with Gasteiger partial charge in [0.15, 0.2) is 0 Å². The molecule has 108 valence electrons. The molecule has 0 saturated carbocycles. The van der Waals surface area contributed by atoms with Crippen LogP contribution in [-0.4, -0.2) is 17.9 Å². The fourth-order valence-corrected chi connectivity index (χ4v) is 2.36. The van der Waals surface area contributed by atoms with Crippen molar-refractivity contribution in [1.82, 2.24) is 10.3 Å². The van der Waals surface area contributed by atoms with Gasteiger partial charge in [-0.2, -0.15) is 0 Å². The number of halogens is 3. The number of ether oxygens (including phenoxy) is 1. The summed E-state index contributed by atoms with van der Waals surface area (Å²) in [4.78, 5) is 4.42. The van der Waals surface area contributed by atoms with Crippen LogP contribution in [0.5, 0.6) is 5.75 Å². The highest BCUT2D eigenvalue weighted by molar-refractivity contribution is 7.09. The summed E-state index contributed by atoms with van der Waals surface area (Å²) < 4.78 is 40.0. The van der Waals surface area contributed by atoms with Crippen molar-refractivity contribution in [3.05, 3.63) is 34.7 Å². The molecule has 1 aromatic carbocycles. The Balaban J connectivity index is 2.07. The second kappa shape index (κ2) is 6.23. The second-order valence-corrected chi connectivity index (χ2v) is 4.92. The van der Waals surface area contributed by atoms with E-state index in [1.807, 2.05) is 12.3 Å². The van der Waals surface area contributed by atoms with Crippen LogP contribution in [0, 0.1) is 0 Å². The predicted octanol–water partition coefficient (Wildman–Crippen LogP) is 3.82. The normalized spacial score (nSPS) is 11.6. The van der Waals surface area contributed by atoms with E-state index in [1.165, 1.54) is 23.5 Å². The van der Waals surface area contributed by atoms with Crippen LogP contribution in [0.3, 0.4) is 0 Å². The number of nitrogens with zero attached hydrogens (tertiary/aromatic N) is 1. The van der Waals surface area contributed by atoms with Gasteiger partial charge in [-0.15, -0.1) is 24.5 Å². The zero-order valence-electron chi connectivity index (χ0n) is 10.7. The molecule has 0 aliphatic carbocycles. The zero-order chi connectivity index (χ0) is 14.6. The van der Waals surface area contributed by atoms with E-state index in [4.69, 9.17) is 0 Å². The fourth-order valence-electron chi connectivity index (χ4n) is 1.58. The molecule has 1 N–H and O–H groups in total. The lowest BCUT2D eigenvalue weighted by Gasteiger charge is -2.08. The van der Waals surface area contributed by atoms with Gasteiger partial charge in [0.2, 0.25) is 0 Å². The molecule has 0 atom stereocenters. The van der Waals surface area contributed by atoms with Crippen molar-refractivity contribution in [3.8, 4) is 17.0 Å². The van der Waals surface area contributed by atoms with Crippen molar-refractivity contribution >= 4 is 11.3 Å². The van der Waals surface area contributed by atoms with Crippen LogP contribution in [0.2, 0.25) is 0 Å². The van der Waals surface area contributed by atoms with Gasteiger partial charge < -0.3 is 10.1 Å². The summed E-state index contributed by atoms with van der Waals surface area (Å²) in [6.07, 6.45) is -4.67. The van der Waals surface area contributed by atoms with Crippen LogP contribution in [0.4, 0.5) is 13.2 Å². The largest absolute Gasteiger partial charge is 0.573 e. The van der Waals surface area contributed by atoms with E-state index >= 15 is 0 Å². The van der Waals surface area contributed by atoms with Crippen LogP contribution in [-0.2, 0) is 6.54 Å². The molecule has 0 unspecified atom stereocenters. The molecular weight excluding hydrogens is 289 g/mol. The summed E-state index contributed by atoms with van der Waals surface area (Å²) in [7, 11) is 0. The molecule has 0 fully saturated rings. The third-order valence-corrected chi connectivity index (χ3v) is 3.31. The van der Waals surface area contributed by atoms with Gasteiger partial charge in [-0.3, -0.25) is 0 Å². The Morgan fingerprint density at radius 1 is 1.25 bits per heavy atom. The minimum absolute atomic E-state index is 0.232. The van der Waals surface area contributed by atoms with Gasteiger partial charge in [-0.05, 0) is 30.8 Å². The van der Waals surface area contributed by atoms with E-state index in [1.54, 1.807) is 12.1 Å². The number of thiazole rings is 1. The lowest BCUT2D eigenvalue weighted by Crippen LogP contribution is -2.16. The Morgan fingerprint density at radius 3 is 2.55 bits per heavy atom. The molecule has 1 heterocycles. The van der Waals surface area contributed by atoms with E-state index in [0.717, 1.165) is 22.8 Å². The molecule has 1 aromatic heterocycles. The molecule has 0 spiro atoms. The molecule has 20 heavy (non-hydrogen) atoms. The summed E-state index contributed by atoms with van der Waals surface area (Å²) in [6.45, 7) is 3.56. The number of rotatable bonds is 5. The van der Waals surface area contributed by atoms with Crippen molar-refractivity contribution in [2.24, 2.45) is 0 Å². The van der Waals surface area contributed by atoms with E-state index in [2.05, 4.69) is 15.0 Å². The van der Waals surface area contributed by atoms with Gasteiger partial charge in [0.25, 0.3) is 0 Å². The summed E-state index contributed by atoms with van der Waals surface area (Å²) in [5.41, 5.74) is 1.51. The van der Waals surface area contributed by atoms with Crippen molar-refractivity contribution in [2.75, 3.05) is 6.54 Å². The first-order valence-corrected chi connectivity index (χ1v) is 6.87. The molecule has 0 aliphatic rings. The standard InChI is InChI=1S/C13H13F3N2OS/c1-2-17-7-12-18-11(8-20-12)9-3-5-10(6-4-9)19-13(14,15)16/h3-6,8,17H,2,7H2,1H3. The van der Waals surface area contributed by atoms with Gasteiger partial charge in [-0.1, -0.05) is 6.92 Å². The van der Waals surface area contributed by atoms with Gasteiger partial charge in [0.1, 0.15) is 10.8 Å². The Labute approximate surface area is 118 Å². The predicted molar refractivity (Wildman–Crippen MR) is 71.6 cm³/mol. The van der Waals surface area contributed by atoms with E-state index in [-0.39, 0.29) is 5.75 Å². The second-order valence-electron chi connectivity index (χ2n) is 3.98. The summed E-state index contributed by atoms with van der Waals surface area (Å²) in [5, 5.41) is 5.99. The highest BCUT2D eigenvalue weighted by Crippen LogP contribution is 2.27. The molecule has 0 radical (unpaired) electrons. The SMILES string of the molecule is CCNCc1nc(-c2ccc(OC(F)(F)F)cc2)cs1. The Hall–Kier alpha value is -1.60. The average molecular weight is 302 g/mol. The molecule has 2 rings (SSSR count). The maximum atomic E-state index is 12.0. The summed E-state index contributed by atoms with van der Waals surface area (Å²) in [6, 6.07) is 5.69. The van der Waals surface area contributed by atoms with Crippen LogP contribution in [0.15, 0.2) is 29.6 Å². The quantitative estimate of drug-likeness (QED) is 0.911. The zero-order valence-corrected chi connectivity index (χ0v) is 11.5. The monoisotopic (exact) mass is 302 g/mol. The third-order valence-electron chi connectivity index (χ3n) is 2.46. The maximum absolute atomic E-state index is 12.0. The highest BCUT2D eigenvalue weighted by Gasteiger charge is 2.30. The average Bonchev–Trinajstić information content (AvgIpc) is 2.84. The van der Waals surface area contributed by atoms with Crippen molar-refractivity contribution in [1.29, 1.82) is 0 Å². The number of hydrogen-bond donors (Lipinski definition) is 1. The van der Waals surface area contributed by atoms with E-state index in [9.17, 15) is 13.2 Å². The van der Waals surface area contributed by atoms with Crippen LogP contribution < -0.4 is 10.1 Å². The molecule has 7 heteroatoms. The molecule has 2 aromatic rings. The fraction of sp³-hybridized carbons (Fsp3) is 0.308. The van der Waals surface area contributed by atoms with Crippen LogP contribution >= 0.6 is 11.3 Å². The number of alkyl halides is 3. The smallest absolute Gasteiger partial charge is 0.406 e. The first kappa shape index (κ1) is 14.8. The Bertz CT molecular complexity index is 551. The minimum atomic E-state index is -4.67. The lowest BCUT2D eigenvalue weighted by atomic mass is 10.2. The molecule has 0 bridgehead atoms. The Morgan fingerprint density at radius 2 is 1.95 bits per heavy atom. The van der Waals surface area contributed by atoms with E-state index < -0.39 is 6.36 Å². The van der Waals surface area contributed by atoms with Crippen LogP contribution in [0.25, 0.3) is 11.3 Å². The van der Waals surface area contributed by atoms with Crippen LogP contribution in [0.1, 0.15) is 11.9 Å². The number of nitrogens with one attached hydrogen (secondary N) is 1. The van der Waals surface area contributed by atoms with Crippen molar-refractivity contribution in [2.45, 2.75) is 19.8 Å². The number of hydrogen-bond acceptors (Lipinski definition) is 4. The summed E-state index contributed by atoms with van der Waals surface area (Å²) in [5.74, 6) is -0.232. The molecule has 0 saturated heterocycles. The number of benzene rings is 1. The minimum Gasteiger partial charge on any atom is -0.406 e. The van der Waals surface area contributed by atoms with Gasteiger partial charge in [0.05, 0.1) is 5.69 Å². The number of aromatic nitrogens is 1. The topological polar surface area (TPSA) is 34.2 Å². The van der Waals surface area contributed by atoms with Gasteiger partial charge in [-0.25, -0.2) is 4.98 Å². The molecule has 0 aliphatic heterocycles. The first-order valence-electron chi connectivity index (χ1n) is 5.99. The summed E-state index contributed by atoms with van der Waals surface area (Å²) >= 11 is 1.51.